The Kier molecular flexibility index (Phi) is 2.95. The van der Waals surface area contributed by atoms with Crippen molar-refractivity contribution < 1.29 is 0 Å². The molecule has 6 heteroatoms. The van der Waals surface area contributed by atoms with Crippen LogP contribution in [-0.2, 0) is 6.54 Å². The zero-order valence-corrected chi connectivity index (χ0v) is 7.98. The Morgan fingerprint density at radius 1 is 1.57 bits per heavy atom. The van der Waals surface area contributed by atoms with E-state index in [0.29, 0.717) is 0 Å². The molecule has 0 fully saturated rings. The standard InChI is InChI=1S/C8H14N6/c1(6-14-7-5-12-13-14)2-9-8-10-3-4-11-8/h5,7H,1-4,6H2,(H2,9,10,11). The zero-order chi connectivity index (χ0) is 9.64. The molecule has 1 aromatic heterocycles. The van der Waals surface area contributed by atoms with Crippen LogP contribution >= 0.6 is 0 Å². The quantitative estimate of drug-likeness (QED) is 0.617. The van der Waals surface area contributed by atoms with Crippen LogP contribution in [0.25, 0.3) is 0 Å². The molecule has 2 heterocycles. The molecule has 0 aliphatic carbocycles. The largest absolute Gasteiger partial charge is 0.356 e. The SMILES string of the molecule is c1cn(CCCNC2=NCCN2)nn1. The van der Waals surface area contributed by atoms with Crippen LogP contribution in [0.1, 0.15) is 6.42 Å². The summed E-state index contributed by atoms with van der Waals surface area (Å²) in [5.41, 5.74) is 0. The van der Waals surface area contributed by atoms with Crippen molar-refractivity contribution in [1.29, 1.82) is 0 Å². The van der Waals surface area contributed by atoms with E-state index in [0.717, 1.165) is 38.6 Å². The lowest BCUT2D eigenvalue weighted by atomic mass is 10.4. The summed E-state index contributed by atoms with van der Waals surface area (Å²) < 4.78 is 1.82. The van der Waals surface area contributed by atoms with Gasteiger partial charge in [0.1, 0.15) is 0 Å². The third-order valence-electron chi connectivity index (χ3n) is 2.00. The minimum absolute atomic E-state index is 0.880. The first kappa shape index (κ1) is 8.98. The first-order chi connectivity index (χ1) is 6.95. The maximum Gasteiger partial charge on any atom is 0.191 e. The lowest BCUT2D eigenvalue weighted by molar-refractivity contribution is 0.553. The van der Waals surface area contributed by atoms with Crippen LogP contribution < -0.4 is 10.6 Å². The molecule has 76 valence electrons. The van der Waals surface area contributed by atoms with Crippen LogP contribution in [0.15, 0.2) is 17.4 Å². The van der Waals surface area contributed by atoms with Crippen LogP contribution in [0.4, 0.5) is 0 Å². The third-order valence-corrected chi connectivity index (χ3v) is 2.00. The van der Waals surface area contributed by atoms with E-state index in [9.17, 15) is 0 Å². The number of aromatic nitrogens is 3. The molecule has 0 aromatic carbocycles. The van der Waals surface area contributed by atoms with E-state index in [-0.39, 0.29) is 0 Å². The molecule has 0 saturated carbocycles. The Balaban J connectivity index is 1.59. The van der Waals surface area contributed by atoms with E-state index in [1.165, 1.54) is 0 Å². The molecule has 0 unspecified atom stereocenters. The molecule has 0 saturated heterocycles. The minimum Gasteiger partial charge on any atom is -0.356 e. The van der Waals surface area contributed by atoms with Gasteiger partial charge >= 0.3 is 0 Å². The molecule has 0 atom stereocenters. The number of aryl methyl sites for hydroxylation is 1. The van der Waals surface area contributed by atoms with E-state index in [4.69, 9.17) is 0 Å². The number of hydrogen-bond donors (Lipinski definition) is 2. The maximum absolute atomic E-state index is 4.23. The van der Waals surface area contributed by atoms with Gasteiger partial charge in [0.05, 0.1) is 12.7 Å². The van der Waals surface area contributed by atoms with E-state index in [2.05, 4.69) is 25.9 Å². The fraction of sp³-hybridized carbons (Fsp3) is 0.625. The molecule has 2 rings (SSSR count). The van der Waals surface area contributed by atoms with Gasteiger partial charge in [0.15, 0.2) is 5.96 Å². The van der Waals surface area contributed by atoms with Gasteiger partial charge in [-0.2, -0.15) is 0 Å². The number of nitrogens with one attached hydrogen (secondary N) is 2. The number of rotatable bonds is 4. The van der Waals surface area contributed by atoms with E-state index in [1.54, 1.807) is 6.20 Å². The number of nitrogens with zero attached hydrogens (tertiary/aromatic N) is 4. The molecule has 1 aliphatic rings. The predicted octanol–water partition coefficient (Wildman–Crippen LogP) is -0.783. The fourth-order valence-corrected chi connectivity index (χ4v) is 1.32. The van der Waals surface area contributed by atoms with Gasteiger partial charge in [-0.3, -0.25) is 9.67 Å². The Hall–Kier alpha value is -1.59. The molecular weight excluding hydrogens is 180 g/mol. The van der Waals surface area contributed by atoms with Gasteiger partial charge in [-0.05, 0) is 6.42 Å². The van der Waals surface area contributed by atoms with E-state index >= 15 is 0 Å². The lowest BCUT2D eigenvalue weighted by Gasteiger charge is -2.05. The first-order valence-electron chi connectivity index (χ1n) is 4.81. The maximum atomic E-state index is 4.23. The summed E-state index contributed by atoms with van der Waals surface area (Å²) in [6, 6.07) is 0. The van der Waals surface area contributed by atoms with Gasteiger partial charge in [-0.25, -0.2) is 0 Å². The summed E-state index contributed by atoms with van der Waals surface area (Å²) in [5, 5.41) is 14.0. The van der Waals surface area contributed by atoms with Gasteiger partial charge in [-0.1, -0.05) is 5.21 Å². The van der Waals surface area contributed by atoms with Crippen LogP contribution in [0.5, 0.6) is 0 Å². The summed E-state index contributed by atoms with van der Waals surface area (Å²) in [7, 11) is 0. The molecule has 0 radical (unpaired) electrons. The second-order valence-corrected chi connectivity index (χ2v) is 3.10. The van der Waals surface area contributed by atoms with E-state index < -0.39 is 0 Å². The zero-order valence-electron chi connectivity index (χ0n) is 7.98. The average Bonchev–Trinajstić information content (AvgIpc) is 2.86. The minimum atomic E-state index is 0.880. The van der Waals surface area contributed by atoms with Gasteiger partial charge < -0.3 is 10.6 Å². The summed E-state index contributed by atoms with van der Waals surface area (Å²) in [6.07, 6.45) is 4.57. The summed E-state index contributed by atoms with van der Waals surface area (Å²) in [6.45, 7) is 3.63. The highest BCUT2D eigenvalue weighted by molar-refractivity contribution is 5.81. The summed E-state index contributed by atoms with van der Waals surface area (Å²) in [4.78, 5) is 4.23. The van der Waals surface area contributed by atoms with Gasteiger partial charge in [0, 0.05) is 25.8 Å². The number of aliphatic imine (C=N–C) groups is 1. The Labute approximate surface area is 82.4 Å². The van der Waals surface area contributed by atoms with Crippen molar-refractivity contribution in [2.75, 3.05) is 19.6 Å². The second kappa shape index (κ2) is 4.59. The van der Waals surface area contributed by atoms with Crippen molar-refractivity contribution >= 4 is 5.96 Å². The lowest BCUT2D eigenvalue weighted by Crippen LogP contribution is -2.34. The van der Waals surface area contributed by atoms with Crippen LogP contribution in [0.2, 0.25) is 0 Å². The smallest absolute Gasteiger partial charge is 0.191 e. The molecule has 1 aromatic rings. The van der Waals surface area contributed by atoms with Gasteiger partial charge in [-0.15, -0.1) is 5.10 Å². The molecule has 0 bridgehead atoms. The Morgan fingerprint density at radius 3 is 3.29 bits per heavy atom. The van der Waals surface area contributed by atoms with Crippen molar-refractivity contribution in [3.63, 3.8) is 0 Å². The normalized spacial score (nSPS) is 15.0. The highest BCUT2D eigenvalue weighted by atomic mass is 15.4. The molecule has 0 amide bonds. The molecule has 0 spiro atoms. The Bertz CT molecular complexity index is 291. The predicted molar refractivity (Wildman–Crippen MR) is 52.9 cm³/mol. The van der Waals surface area contributed by atoms with Crippen molar-refractivity contribution in [3.8, 4) is 0 Å². The highest BCUT2D eigenvalue weighted by Gasteiger charge is 2.02. The van der Waals surface area contributed by atoms with Crippen LogP contribution in [0.3, 0.4) is 0 Å². The van der Waals surface area contributed by atoms with Crippen molar-refractivity contribution in [3.05, 3.63) is 12.4 Å². The second-order valence-electron chi connectivity index (χ2n) is 3.10. The third kappa shape index (κ3) is 2.45. The number of hydrogen-bond acceptors (Lipinski definition) is 5. The topological polar surface area (TPSA) is 67.1 Å². The monoisotopic (exact) mass is 194 g/mol. The van der Waals surface area contributed by atoms with Crippen molar-refractivity contribution in [2.24, 2.45) is 4.99 Å². The average molecular weight is 194 g/mol. The van der Waals surface area contributed by atoms with Crippen molar-refractivity contribution in [1.82, 2.24) is 25.6 Å². The van der Waals surface area contributed by atoms with Crippen molar-refractivity contribution in [2.45, 2.75) is 13.0 Å². The molecular formula is C8H14N6. The first-order valence-corrected chi connectivity index (χ1v) is 4.81. The number of guanidine groups is 1. The Morgan fingerprint density at radius 2 is 2.57 bits per heavy atom. The summed E-state index contributed by atoms with van der Waals surface area (Å²) >= 11 is 0. The fourth-order valence-electron chi connectivity index (χ4n) is 1.32. The van der Waals surface area contributed by atoms with E-state index in [1.807, 2.05) is 10.9 Å². The molecule has 2 N–H and O–H groups in total. The highest BCUT2D eigenvalue weighted by Crippen LogP contribution is 1.87. The van der Waals surface area contributed by atoms with Gasteiger partial charge in [0.2, 0.25) is 0 Å². The molecule has 14 heavy (non-hydrogen) atoms. The summed E-state index contributed by atoms with van der Waals surface area (Å²) in [5.74, 6) is 0.920. The van der Waals surface area contributed by atoms with Crippen LogP contribution in [0, 0.1) is 0 Å². The molecule has 1 aliphatic heterocycles. The molecule has 6 nitrogen and oxygen atoms in total. The van der Waals surface area contributed by atoms with Crippen LogP contribution in [-0.4, -0.2) is 40.6 Å². The van der Waals surface area contributed by atoms with Gasteiger partial charge in [0.25, 0.3) is 0 Å².